The number of aryl methyl sites for hydroxylation is 1. The van der Waals surface area contributed by atoms with Crippen LogP contribution in [0.5, 0.6) is 11.6 Å². The number of nitrogens with zero attached hydrogens (tertiary/aromatic N) is 3. The first kappa shape index (κ1) is 24.4. The van der Waals surface area contributed by atoms with Crippen molar-refractivity contribution in [1.29, 1.82) is 0 Å². The van der Waals surface area contributed by atoms with Gasteiger partial charge in [-0.3, -0.25) is 4.90 Å². The lowest BCUT2D eigenvalue weighted by Crippen LogP contribution is -2.38. The Morgan fingerprint density at radius 3 is 2.44 bits per heavy atom. The Morgan fingerprint density at radius 1 is 1.12 bits per heavy atom. The number of aliphatic hydroxyl groups excluding tert-OH is 1. The van der Waals surface area contributed by atoms with Crippen molar-refractivity contribution in [2.24, 2.45) is 7.05 Å². The number of hydrogen-bond acceptors (Lipinski definition) is 5. The second-order valence-corrected chi connectivity index (χ2v) is 9.89. The minimum Gasteiger partial charge on any atom is -0.436 e. The van der Waals surface area contributed by atoms with Crippen LogP contribution in [0.3, 0.4) is 0 Å². The van der Waals surface area contributed by atoms with Crippen LogP contribution < -0.4 is 4.74 Å². The van der Waals surface area contributed by atoms with E-state index < -0.39 is 11.9 Å². The fourth-order valence-corrected chi connectivity index (χ4v) is 3.94. The van der Waals surface area contributed by atoms with Gasteiger partial charge in [-0.25, -0.2) is 9.07 Å². The first-order chi connectivity index (χ1) is 16.2. The van der Waals surface area contributed by atoms with Crippen LogP contribution in [0.15, 0.2) is 54.6 Å². The summed E-state index contributed by atoms with van der Waals surface area (Å²) in [7, 11) is 1.81. The number of para-hydroxylation sites is 1. The van der Waals surface area contributed by atoms with E-state index in [2.05, 4.69) is 4.90 Å². The molecule has 3 aromatic rings. The number of halogens is 1. The Balaban J connectivity index is 1.64. The van der Waals surface area contributed by atoms with Crippen LogP contribution in [0.25, 0.3) is 11.3 Å². The Bertz CT molecular complexity index is 1090. The van der Waals surface area contributed by atoms with E-state index in [9.17, 15) is 9.50 Å². The van der Waals surface area contributed by atoms with E-state index in [0.29, 0.717) is 25.0 Å². The molecule has 1 aliphatic rings. The normalized spacial score (nSPS) is 15.0. The summed E-state index contributed by atoms with van der Waals surface area (Å²) >= 11 is 0. The largest absolute Gasteiger partial charge is 0.436 e. The lowest BCUT2D eigenvalue weighted by Gasteiger charge is -2.27. The van der Waals surface area contributed by atoms with Crippen molar-refractivity contribution in [1.82, 2.24) is 14.7 Å². The van der Waals surface area contributed by atoms with Crippen molar-refractivity contribution in [3.8, 4) is 22.9 Å². The number of hydrogen-bond donors (Lipinski definition) is 1. The van der Waals surface area contributed by atoms with E-state index >= 15 is 0 Å². The zero-order valence-corrected chi connectivity index (χ0v) is 20.4. The highest BCUT2D eigenvalue weighted by Crippen LogP contribution is 2.37. The summed E-state index contributed by atoms with van der Waals surface area (Å²) < 4.78 is 28.0. The molecule has 0 radical (unpaired) electrons. The zero-order chi connectivity index (χ0) is 24.3. The lowest BCUT2D eigenvalue weighted by molar-refractivity contribution is -0.0572. The van der Waals surface area contributed by atoms with Gasteiger partial charge in [0.2, 0.25) is 5.88 Å². The molecule has 6 nitrogen and oxygen atoms in total. The van der Waals surface area contributed by atoms with Gasteiger partial charge in [0.25, 0.3) is 0 Å². The maximum Gasteiger partial charge on any atom is 0.222 e. The minimum atomic E-state index is -0.618. The highest BCUT2D eigenvalue weighted by atomic mass is 19.1. The number of rotatable bonds is 10. The molecule has 0 aliphatic heterocycles. The predicted octanol–water partition coefficient (Wildman–Crippen LogP) is 5.16. The molecule has 1 aromatic heterocycles. The number of ether oxygens (including phenoxy) is 2. The maximum absolute atomic E-state index is 14.4. The molecule has 1 heterocycles. The van der Waals surface area contributed by atoms with Crippen LogP contribution in [0, 0.1) is 5.82 Å². The lowest BCUT2D eigenvalue weighted by atomic mass is 10.1. The summed E-state index contributed by atoms with van der Waals surface area (Å²) in [5, 5.41) is 15.4. The average molecular weight is 468 g/mol. The molecule has 1 unspecified atom stereocenters. The highest BCUT2D eigenvalue weighted by molar-refractivity contribution is 5.65. The first-order valence-electron chi connectivity index (χ1n) is 11.8. The molecule has 2 aromatic carbocycles. The van der Waals surface area contributed by atoms with Gasteiger partial charge >= 0.3 is 0 Å². The third-order valence-corrected chi connectivity index (χ3v) is 5.76. The smallest absolute Gasteiger partial charge is 0.222 e. The van der Waals surface area contributed by atoms with Crippen molar-refractivity contribution in [2.75, 3.05) is 13.2 Å². The molecule has 34 heavy (non-hydrogen) atoms. The molecule has 0 spiro atoms. The Kier molecular flexibility index (Phi) is 7.36. The van der Waals surface area contributed by atoms with E-state index in [1.54, 1.807) is 29.9 Å². The summed E-state index contributed by atoms with van der Waals surface area (Å²) in [6.07, 6.45) is 1.54. The third kappa shape index (κ3) is 6.23. The topological polar surface area (TPSA) is 59.8 Å². The molecule has 0 bridgehead atoms. The summed E-state index contributed by atoms with van der Waals surface area (Å²) in [4.78, 5) is 2.26. The van der Waals surface area contributed by atoms with Gasteiger partial charge in [-0.05, 0) is 45.7 Å². The van der Waals surface area contributed by atoms with E-state index in [1.165, 1.54) is 6.07 Å². The van der Waals surface area contributed by atoms with Crippen molar-refractivity contribution in [2.45, 2.75) is 57.9 Å². The van der Waals surface area contributed by atoms with Crippen LogP contribution in [-0.2, 0) is 18.3 Å². The SMILES string of the molecule is Cn1nc(-c2ccccc2)c(CN(CC(O)COC(C)(C)C)C2CC2)c1Oc1ccccc1F. The van der Waals surface area contributed by atoms with Gasteiger partial charge in [0.05, 0.1) is 23.9 Å². The standard InChI is InChI=1S/C27H34FN3O3/c1-27(2,3)33-18-21(32)16-31(20-14-15-20)17-22-25(19-10-6-5-7-11-19)29-30(4)26(22)34-24-13-9-8-12-23(24)28/h5-13,20-21,32H,14-18H2,1-4H3. The van der Waals surface area contributed by atoms with Gasteiger partial charge in [0.1, 0.15) is 5.69 Å². The number of aromatic nitrogens is 2. The fraction of sp³-hybridized carbons (Fsp3) is 0.444. The maximum atomic E-state index is 14.4. The second kappa shape index (κ2) is 10.3. The monoisotopic (exact) mass is 467 g/mol. The Labute approximate surface area is 200 Å². The summed E-state index contributed by atoms with van der Waals surface area (Å²) in [5.41, 5.74) is 2.31. The van der Waals surface area contributed by atoms with Crippen LogP contribution >= 0.6 is 0 Å². The van der Waals surface area contributed by atoms with Gasteiger partial charge in [-0.15, -0.1) is 0 Å². The Hall–Kier alpha value is -2.74. The predicted molar refractivity (Wildman–Crippen MR) is 130 cm³/mol. The molecule has 1 aliphatic carbocycles. The molecule has 7 heteroatoms. The van der Waals surface area contributed by atoms with Gasteiger partial charge in [-0.1, -0.05) is 42.5 Å². The van der Waals surface area contributed by atoms with Crippen LogP contribution in [0.4, 0.5) is 4.39 Å². The molecule has 1 fully saturated rings. The summed E-state index contributed by atoms with van der Waals surface area (Å²) in [6.45, 7) is 7.21. The summed E-state index contributed by atoms with van der Waals surface area (Å²) in [6, 6.07) is 16.7. The Morgan fingerprint density at radius 2 is 1.79 bits per heavy atom. The molecule has 0 amide bonds. The fourth-order valence-electron chi connectivity index (χ4n) is 3.94. The summed E-state index contributed by atoms with van der Waals surface area (Å²) in [5.74, 6) is 0.225. The molecular formula is C27H34FN3O3. The molecular weight excluding hydrogens is 433 g/mol. The highest BCUT2D eigenvalue weighted by Gasteiger charge is 2.33. The van der Waals surface area contributed by atoms with Gasteiger partial charge in [-0.2, -0.15) is 5.10 Å². The van der Waals surface area contributed by atoms with Crippen molar-refractivity contribution < 1.29 is 19.0 Å². The molecule has 4 rings (SSSR count). The number of aliphatic hydroxyl groups is 1. The van der Waals surface area contributed by atoms with Gasteiger partial charge < -0.3 is 14.6 Å². The molecule has 1 N–H and O–H groups in total. The van der Waals surface area contributed by atoms with E-state index in [0.717, 1.165) is 29.7 Å². The van der Waals surface area contributed by atoms with Crippen molar-refractivity contribution >= 4 is 0 Å². The molecule has 0 saturated heterocycles. The minimum absolute atomic E-state index is 0.156. The van der Waals surface area contributed by atoms with E-state index in [-0.39, 0.29) is 18.0 Å². The molecule has 182 valence electrons. The number of benzene rings is 2. The average Bonchev–Trinajstić information content (AvgIpc) is 3.60. The van der Waals surface area contributed by atoms with Gasteiger partial charge in [0.15, 0.2) is 11.6 Å². The van der Waals surface area contributed by atoms with E-state index in [1.807, 2.05) is 51.1 Å². The first-order valence-corrected chi connectivity index (χ1v) is 11.8. The van der Waals surface area contributed by atoms with E-state index in [4.69, 9.17) is 14.6 Å². The molecule has 1 saturated carbocycles. The van der Waals surface area contributed by atoms with Crippen LogP contribution in [0.2, 0.25) is 0 Å². The zero-order valence-electron chi connectivity index (χ0n) is 20.4. The van der Waals surface area contributed by atoms with Crippen molar-refractivity contribution in [3.63, 3.8) is 0 Å². The molecule has 1 atom stereocenters. The van der Waals surface area contributed by atoms with Crippen molar-refractivity contribution in [3.05, 3.63) is 66.0 Å². The second-order valence-electron chi connectivity index (χ2n) is 9.89. The van der Waals surface area contributed by atoms with Crippen LogP contribution in [-0.4, -0.2) is 50.7 Å². The van der Waals surface area contributed by atoms with Crippen LogP contribution in [0.1, 0.15) is 39.2 Å². The van der Waals surface area contributed by atoms with Gasteiger partial charge in [0, 0.05) is 31.7 Å². The third-order valence-electron chi connectivity index (χ3n) is 5.76. The quantitative estimate of drug-likeness (QED) is 0.446.